The largest absolute Gasteiger partial charge is 0.384 e. The zero-order valence-corrected chi connectivity index (χ0v) is 6.46. The van der Waals surface area contributed by atoms with Crippen LogP contribution in [0.3, 0.4) is 0 Å². The maximum atomic E-state index is 5.16. The van der Waals surface area contributed by atoms with Crippen LogP contribution in [0.4, 0.5) is 0 Å². The van der Waals surface area contributed by atoms with Gasteiger partial charge >= 0.3 is 0 Å². The van der Waals surface area contributed by atoms with Crippen LogP contribution in [-0.2, 0) is 0 Å². The van der Waals surface area contributed by atoms with E-state index in [-0.39, 0.29) is 5.82 Å². The fraction of sp³-hybridized carbons (Fsp3) is 0.429. The molecule has 56 valence electrons. The highest BCUT2D eigenvalue weighted by atomic mass is 14.9. The number of nitrogens with two attached hydrogens (primary N) is 1. The summed E-state index contributed by atoms with van der Waals surface area (Å²) in [5, 5.41) is 0. The summed E-state index contributed by atoms with van der Waals surface area (Å²) >= 11 is 0. The maximum absolute atomic E-state index is 5.16. The van der Waals surface area contributed by atoms with Crippen LogP contribution in [0.1, 0.15) is 20.3 Å². The second-order valence-electron chi connectivity index (χ2n) is 1.95. The SMILES string of the molecule is C=C(N)/N=C\N=C(/C)CC. The van der Waals surface area contributed by atoms with Crippen molar-refractivity contribution in [1.29, 1.82) is 0 Å². The number of rotatable bonds is 3. The first-order valence-corrected chi connectivity index (χ1v) is 3.17. The summed E-state index contributed by atoms with van der Waals surface area (Å²) in [4.78, 5) is 7.65. The highest BCUT2D eigenvalue weighted by Crippen LogP contribution is 1.82. The molecule has 0 saturated heterocycles. The van der Waals surface area contributed by atoms with Gasteiger partial charge in [-0.15, -0.1) is 0 Å². The lowest BCUT2D eigenvalue weighted by Crippen LogP contribution is -1.91. The van der Waals surface area contributed by atoms with Crippen molar-refractivity contribution in [3.05, 3.63) is 12.4 Å². The van der Waals surface area contributed by atoms with E-state index in [9.17, 15) is 0 Å². The molecule has 0 aliphatic heterocycles. The molecule has 10 heavy (non-hydrogen) atoms. The van der Waals surface area contributed by atoms with Crippen molar-refractivity contribution in [2.24, 2.45) is 15.7 Å². The Morgan fingerprint density at radius 1 is 1.70 bits per heavy atom. The van der Waals surface area contributed by atoms with E-state index in [1.54, 1.807) is 0 Å². The van der Waals surface area contributed by atoms with Gasteiger partial charge in [0.25, 0.3) is 0 Å². The van der Waals surface area contributed by atoms with Crippen LogP contribution in [0.15, 0.2) is 22.4 Å². The summed E-state index contributed by atoms with van der Waals surface area (Å²) < 4.78 is 0. The minimum absolute atomic E-state index is 0.285. The first-order valence-electron chi connectivity index (χ1n) is 3.17. The first-order chi connectivity index (χ1) is 4.66. The van der Waals surface area contributed by atoms with Gasteiger partial charge in [0.05, 0.1) is 0 Å². The normalized spacial score (nSPS) is 12.4. The van der Waals surface area contributed by atoms with E-state index < -0.39 is 0 Å². The molecule has 3 nitrogen and oxygen atoms in total. The van der Waals surface area contributed by atoms with Crippen molar-refractivity contribution >= 4 is 12.1 Å². The van der Waals surface area contributed by atoms with Gasteiger partial charge < -0.3 is 5.73 Å². The molecule has 2 N–H and O–H groups in total. The number of nitrogens with zero attached hydrogens (tertiary/aromatic N) is 2. The van der Waals surface area contributed by atoms with Crippen LogP contribution in [0.2, 0.25) is 0 Å². The van der Waals surface area contributed by atoms with Crippen molar-refractivity contribution in [2.75, 3.05) is 0 Å². The molecule has 0 aliphatic rings. The molecule has 3 heteroatoms. The van der Waals surface area contributed by atoms with E-state index in [4.69, 9.17) is 5.73 Å². The molecule has 0 radical (unpaired) electrons. The predicted molar refractivity (Wildman–Crippen MR) is 45.2 cm³/mol. The third kappa shape index (κ3) is 5.03. The molecule has 0 amide bonds. The molecule has 0 fully saturated rings. The molecule has 0 aromatic carbocycles. The van der Waals surface area contributed by atoms with Gasteiger partial charge in [-0.1, -0.05) is 13.5 Å². The average Bonchev–Trinajstić information content (AvgIpc) is 1.87. The minimum Gasteiger partial charge on any atom is -0.384 e. The second-order valence-corrected chi connectivity index (χ2v) is 1.95. The molecule has 0 atom stereocenters. The first kappa shape index (κ1) is 8.88. The maximum Gasteiger partial charge on any atom is 0.117 e. The molecule has 0 aromatic heterocycles. The van der Waals surface area contributed by atoms with Gasteiger partial charge in [0, 0.05) is 5.71 Å². The minimum atomic E-state index is 0.285. The fourth-order valence-electron chi connectivity index (χ4n) is 0.293. The summed E-state index contributed by atoms with van der Waals surface area (Å²) in [6.07, 6.45) is 2.35. The van der Waals surface area contributed by atoms with Crippen LogP contribution in [0, 0.1) is 0 Å². The Balaban J connectivity index is 3.82. The van der Waals surface area contributed by atoms with Gasteiger partial charge in [-0.2, -0.15) is 0 Å². The van der Waals surface area contributed by atoms with Gasteiger partial charge in [0.15, 0.2) is 0 Å². The van der Waals surface area contributed by atoms with Gasteiger partial charge in [0.1, 0.15) is 12.2 Å². The van der Waals surface area contributed by atoms with Crippen molar-refractivity contribution in [1.82, 2.24) is 0 Å². The summed E-state index contributed by atoms with van der Waals surface area (Å²) in [7, 11) is 0. The smallest absolute Gasteiger partial charge is 0.117 e. The van der Waals surface area contributed by atoms with Crippen molar-refractivity contribution in [2.45, 2.75) is 20.3 Å². The molecule has 0 rings (SSSR count). The fourth-order valence-corrected chi connectivity index (χ4v) is 0.293. The third-order valence-corrected chi connectivity index (χ3v) is 1.01. The number of hydrogen-bond donors (Lipinski definition) is 1. The Bertz CT molecular complexity index is 168. The van der Waals surface area contributed by atoms with Crippen LogP contribution in [0.25, 0.3) is 0 Å². The molecule has 0 bridgehead atoms. The van der Waals surface area contributed by atoms with E-state index in [1.165, 1.54) is 6.34 Å². The molecular weight excluding hydrogens is 126 g/mol. The lowest BCUT2D eigenvalue weighted by atomic mass is 10.3. The average molecular weight is 139 g/mol. The van der Waals surface area contributed by atoms with Gasteiger partial charge in [-0.25, -0.2) is 9.98 Å². The zero-order valence-electron chi connectivity index (χ0n) is 6.46. The van der Waals surface area contributed by atoms with Crippen LogP contribution in [-0.4, -0.2) is 12.1 Å². The van der Waals surface area contributed by atoms with Gasteiger partial charge in [0.2, 0.25) is 0 Å². The summed E-state index contributed by atoms with van der Waals surface area (Å²) in [5.41, 5.74) is 6.19. The zero-order chi connectivity index (χ0) is 7.98. The van der Waals surface area contributed by atoms with Crippen molar-refractivity contribution in [3.63, 3.8) is 0 Å². The Morgan fingerprint density at radius 3 is 2.70 bits per heavy atom. The third-order valence-electron chi connectivity index (χ3n) is 1.01. The molecule has 0 aliphatic carbocycles. The monoisotopic (exact) mass is 139 g/mol. The van der Waals surface area contributed by atoms with E-state index in [0.717, 1.165) is 12.1 Å². The summed E-state index contributed by atoms with van der Waals surface area (Å²) in [5.74, 6) is 0.285. The van der Waals surface area contributed by atoms with Crippen molar-refractivity contribution < 1.29 is 0 Å². The Kier molecular flexibility index (Phi) is 4.20. The van der Waals surface area contributed by atoms with Crippen LogP contribution < -0.4 is 5.73 Å². The predicted octanol–water partition coefficient (Wildman–Crippen LogP) is 1.32. The van der Waals surface area contributed by atoms with E-state index in [0.29, 0.717) is 0 Å². The van der Waals surface area contributed by atoms with E-state index >= 15 is 0 Å². The molecular formula is C7H13N3. The molecule has 0 aromatic rings. The molecule has 0 unspecified atom stereocenters. The number of aliphatic imine (C=N–C) groups is 2. The highest BCUT2D eigenvalue weighted by molar-refractivity contribution is 5.88. The summed E-state index contributed by atoms with van der Waals surface area (Å²) in [6.45, 7) is 7.36. The van der Waals surface area contributed by atoms with E-state index in [1.807, 2.05) is 13.8 Å². The topological polar surface area (TPSA) is 50.7 Å². The van der Waals surface area contributed by atoms with Gasteiger partial charge in [-0.05, 0) is 13.3 Å². The van der Waals surface area contributed by atoms with Gasteiger partial charge in [-0.3, -0.25) is 0 Å². The lowest BCUT2D eigenvalue weighted by Gasteiger charge is -1.88. The Morgan fingerprint density at radius 2 is 2.30 bits per heavy atom. The van der Waals surface area contributed by atoms with Crippen LogP contribution in [0.5, 0.6) is 0 Å². The molecule has 0 heterocycles. The van der Waals surface area contributed by atoms with Crippen molar-refractivity contribution in [3.8, 4) is 0 Å². The highest BCUT2D eigenvalue weighted by Gasteiger charge is 1.79. The Labute approximate surface area is 61.4 Å². The van der Waals surface area contributed by atoms with E-state index in [2.05, 4.69) is 16.6 Å². The second kappa shape index (κ2) is 4.73. The van der Waals surface area contributed by atoms with Crippen LogP contribution >= 0.6 is 0 Å². The Hall–Kier alpha value is -1.12. The standard InChI is InChI=1S/C7H13N3/c1-4-6(2)9-5-10-7(3)8/h5H,3-4,8H2,1-2H3/b9-6+,10-5-. The summed E-state index contributed by atoms with van der Waals surface area (Å²) in [6, 6.07) is 0. The molecule has 0 spiro atoms. The number of hydrogen-bond acceptors (Lipinski definition) is 2. The lowest BCUT2D eigenvalue weighted by molar-refractivity contribution is 1.24. The molecule has 0 saturated carbocycles. The quantitative estimate of drug-likeness (QED) is 0.465.